The Morgan fingerprint density at radius 3 is 2.62 bits per heavy atom. The quantitative estimate of drug-likeness (QED) is 0.581. The van der Waals surface area contributed by atoms with Crippen molar-refractivity contribution >= 4 is 5.97 Å². The summed E-state index contributed by atoms with van der Waals surface area (Å²) >= 11 is 0. The lowest BCUT2D eigenvalue weighted by Gasteiger charge is -1.96. The van der Waals surface area contributed by atoms with Crippen LogP contribution in [0.5, 0.6) is 0 Å². The maximum Gasteiger partial charge on any atom is 0.339 e. The van der Waals surface area contributed by atoms with Gasteiger partial charge in [-0.05, 0) is 5.10 Å². The first kappa shape index (κ1) is 14.6. The molecule has 1 aromatic rings. The Balaban J connectivity index is 0.00000106. The first-order chi connectivity index (χ1) is 7.77. The zero-order valence-corrected chi connectivity index (χ0v) is 10.6. The zero-order chi connectivity index (χ0) is 12.4. The van der Waals surface area contributed by atoms with Crippen molar-refractivity contribution in [3.8, 4) is 0 Å². The number of esters is 1. The van der Waals surface area contributed by atoms with Crippen molar-refractivity contribution in [2.24, 2.45) is 0 Å². The van der Waals surface area contributed by atoms with Crippen molar-refractivity contribution in [1.29, 1.82) is 0 Å². The molecule has 16 heavy (non-hydrogen) atoms. The van der Waals surface area contributed by atoms with Gasteiger partial charge in [-0.15, -0.1) is 0 Å². The van der Waals surface area contributed by atoms with E-state index in [1.807, 2.05) is 18.5 Å². The number of nitrogens with zero attached hydrogens (tertiary/aromatic N) is 2. The topological polar surface area (TPSA) is 43.1 Å². The minimum atomic E-state index is -0.347. The van der Waals surface area contributed by atoms with Crippen molar-refractivity contribution in [2.75, 3.05) is 7.11 Å². The third-order valence-electron chi connectivity index (χ3n) is 1.93. The van der Waals surface area contributed by atoms with Gasteiger partial charge in [-0.3, -0.25) is 0 Å². The summed E-state index contributed by atoms with van der Waals surface area (Å²) < 4.78 is 6.38. The van der Waals surface area contributed by atoms with Crippen LogP contribution in [-0.2, 0) is 11.3 Å². The molecule has 0 saturated carbocycles. The highest BCUT2D eigenvalue weighted by Gasteiger charge is 2.08. The molecule has 0 unspecified atom stereocenters. The Hall–Kier alpha value is -1.45. The van der Waals surface area contributed by atoms with Crippen molar-refractivity contribution in [2.45, 2.75) is 40.2 Å². The van der Waals surface area contributed by atoms with E-state index in [0.29, 0.717) is 5.56 Å². The van der Waals surface area contributed by atoms with Gasteiger partial charge < -0.3 is 4.74 Å². The molecule has 0 aliphatic carbocycles. The number of aromatic nitrogens is 2. The maximum atomic E-state index is 11.1. The lowest BCUT2D eigenvalue weighted by molar-refractivity contribution is -0.754. The van der Waals surface area contributed by atoms with E-state index in [-0.39, 0.29) is 5.97 Å². The van der Waals surface area contributed by atoms with E-state index >= 15 is 0 Å². The van der Waals surface area contributed by atoms with Crippen LogP contribution in [0.3, 0.4) is 0 Å². The van der Waals surface area contributed by atoms with Crippen molar-refractivity contribution < 1.29 is 14.2 Å². The smallest absolute Gasteiger partial charge is 0.339 e. The van der Waals surface area contributed by atoms with Crippen LogP contribution in [0.15, 0.2) is 18.5 Å². The summed E-state index contributed by atoms with van der Waals surface area (Å²) in [6, 6.07) is 1.72. The predicted molar refractivity (Wildman–Crippen MR) is 62.0 cm³/mol. The number of carbonyl (C=O) groups is 1. The van der Waals surface area contributed by atoms with Crippen LogP contribution in [0.4, 0.5) is 0 Å². The second kappa shape index (κ2) is 8.83. The summed E-state index contributed by atoms with van der Waals surface area (Å²) in [5.41, 5.74) is 0.486. The standard InChI is InChI=1S/C10H15N2O2.C2H6/c1-3-4-6-12-7-5-9(8-11-12)10(13)14-2;1-2/h5,7-8H,3-4,6H2,1-2H3;1-2H3/q+1;. The third kappa shape index (κ3) is 4.87. The van der Waals surface area contributed by atoms with Crippen LogP contribution in [0.2, 0.25) is 0 Å². The van der Waals surface area contributed by atoms with E-state index in [2.05, 4.69) is 16.8 Å². The SMILES string of the molecule is CC.CCCC[n+]1ccc(C(=O)OC)cn1. The summed E-state index contributed by atoms with van der Waals surface area (Å²) in [5.74, 6) is -0.347. The van der Waals surface area contributed by atoms with E-state index < -0.39 is 0 Å². The van der Waals surface area contributed by atoms with Crippen LogP contribution < -0.4 is 4.68 Å². The monoisotopic (exact) mass is 225 g/mol. The molecule has 0 bridgehead atoms. The lowest BCUT2D eigenvalue weighted by Crippen LogP contribution is -2.37. The fourth-order valence-electron chi connectivity index (χ4n) is 1.08. The molecule has 0 aromatic carbocycles. The summed E-state index contributed by atoms with van der Waals surface area (Å²) in [6.07, 6.45) is 5.55. The van der Waals surface area contributed by atoms with Crippen LogP contribution in [0, 0.1) is 0 Å². The van der Waals surface area contributed by atoms with Gasteiger partial charge in [0, 0.05) is 12.5 Å². The second-order valence-corrected chi connectivity index (χ2v) is 3.02. The van der Waals surface area contributed by atoms with Gasteiger partial charge in [0.25, 0.3) is 0 Å². The highest BCUT2D eigenvalue weighted by Crippen LogP contribution is 1.95. The number of carbonyl (C=O) groups excluding carboxylic acids is 1. The van der Waals surface area contributed by atoms with Gasteiger partial charge in [-0.1, -0.05) is 31.9 Å². The maximum absolute atomic E-state index is 11.1. The number of hydrogen-bond donors (Lipinski definition) is 0. The molecular weight excluding hydrogens is 204 g/mol. The molecule has 90 valence electrons. The Bertz CT molecular complexity index is 296. The summed E-state index contributed by atoms with van der Waals surface area (Å²) in [6.45, 7) is 7.02. The Morgan fingerprint density at radius 2 is 2.19 bits per heavy atom. The molecule has 0 aliphatic heterocycles. The van der Waals surface area contributed by atoms with Gasteiger partial charge in [-0.2, -0.15) is 0 Å². The van der Waals surface area contributed by atoms with Crippen molar-refractivity contribution in [3.63, 3.8) is 0 Å². The highest BCUT2D eigenvalue weighted by molar-refractivity contribution is 5.88. The number of aryl methyl sites for hydroxylation is 1. The summed E-state index contributed by atoms with van der Waals surface area (Å²) in [5, 5.41) is 4.10. The number of rotatable bonds is 4. The molecular formula is C12H21N2O2+. The molecule has 1 heterocycles. The van der Waals surface area contributed by atoms with E-state index in [9.17, 15) is 4.79 Å². The van der Waals surface area contributed by atoms with Crippen molar-refractivity contribution in [3.05, 3.63) is 24.0 Å². The number of hydrogen-bond acceptors (Lipinski definition) is 3. The number of methoxy groups -OCH3 is 1. The molecule has 1 aromatic heterocycles. The molecule has 0 amide bonds. The fraction of sp³-hybridized carbons (Fsp3) is 0.583. The molecule has 4 nitrogen and oxygen atoms in total. The summed E-state index contributed by atoms with van der Waals surface area (Å²) in [7, 11) is 1.36. The van der Waals surface area contributed by atoms with Crippen molar-refractivity contribution in [1.82, 2.24) is 5.10 Å². The first-order valence-electron chi connectivity index (χ1n) is 5.72. The van der Waals surface area contributed by atoms with Crippen LogP contribution >= 0.6 is 0 Å². The van der Waals surface area contributed by atoms with E-state index in [1.165, 1.54) is 13.3 Å². The van der Waals surface area contributed by atoms with Gasteiger partial charge >= 0.3 is 5.97 Å². The molecule has 0 atom stereocenters. The van der Waals surface area contributed by atoms with Gasteiger partial charge in [0.2, 0.25) is 0 Å². The average molecular weight is 225 g/mol. The molecule has 0 N–H and O–H groups in total. The van der Waals surface area contributed by atoms with Crippen LogP contribution in [0.25, 0.3) is 0 Å². The van der Waals surface area contributed by atoms with E-state index in [1.54, 1.807) is 12.3 Å². The van der Waals surface area contributed by atoms with Gasteiger partial charge in [0.15, 0.2) is 12.7 Å². The molecule has 0 aliphatic rings. The molecule has 0 fully saturated rings. The van der Waals surface area contributed by atoms with Gasteiger partial charge in [0.1, 0.15) is 6.20 Å². The Kier molecular flexibility index (Phi) is 8.03. The molecule has 0 radical (unpaired) electrons. The number of ether oxygens (including phenoxy) is 1. The highest BCUT2D eigenvalue weighted by atomic mass is 16.5. The normalized spacial score (nSPS) is 9.00. The number of unbranched alkanes of at least 4 members (excludes halogenated alkanes) is 1. The largest absolute Gasteiger partial charge is 0.465 e. The molecule has 1 rings (SSSR count). The van der Waals surface area contributed by atoms with Gasteiger partial charge in [-0.25, -0.2) is 4.79 Å². The first-order valence-corrected chi connectivity index (χ1v) is 5.72. The van der Waals surface area contributed by atoms with E-state index in [4.69, 9.17) is 0 Å². The third-order valence-corrected chi connectivity index (χ3v) is 1.93. The van der Waals surface area contributed by atoms with Crippen LogP contribution in [0.1, 0.15) is 44.0 Å². The van der Waals surface area contributed by atoms with E-state index in [0.717, 1.165) is 19.4 Å². The zero-order valence-electron chi connectivity index (χ0n) is 10.6. The second-order valence-electron chi connectivity index (χ2n) is 3.02. The van der Waals surface area contributed by atoms with Crippen LogP contribution in [-0.4, -0.2) is 18.2 Å². The lowest BCUT2D eigenvalue weighted by atomic mass is 10.3. The minimum Gasteiger partial charge on any atom is -0.465 e. The molecule has 4 heteroatoms. The Morgan fingerprint density at radius 1 is 1.50 bits per heavy atom. The predicted octanol–water partition coefficient (Wildman–Crippen LogP) is 1.98. The van der Waals surface area contributed by atoms with Gasteiger partial charge in [0.05, 0.1) is 12.7 Å². The summed E-state index contributed by atoms with van der Waals surface area (Å²) in [4.78, 5) is 11.1. The fourth-order valence-corrected chi connectivity index (χ4v) is 1.08. The minimum absolute atomic E-state index is 0.347. The molecule has 0 spiro atoms. The molecule has 0 saturated heterocycles. The average Bonchev–Trinajstić information content (AvgIpc) is 2.38. The Labute approximate surface area is 97.2 Å².